The second kappa shape index (κ2) is 15.3. The van der Waals surface area contributed by atoms with E-state index in [0.717, 1.165) is 0 Å². The number of hydrogen-bond acceptors (Lipinski definition) is 6. The van der Waals surface area contributed by atoms with Crippen molar-refractivity contribution in [1.29, 1.82) is 0 Å². The topological polar surface area (TPSA) is 176 Å². The first-order valence-electron chi connectivity index (χ1n) is 14.3. The molecule has 2 aliphatic rings. The number of rotatable bonds is 8. The highest BCUT2D eigenvalue weighted by Gasteiger charge is 2.41. The van der Waals surface area contributed by atoms with E-state index >= 15 is 4.39 Å². The summed E-state index contributed by atoms with van der Waals surface area (Å²) in [5, 5.41) is 30.4. The van der Waals surface area contributed by atoms with Gasteiger partial charge in [-0.1, -0.05) is 6.92 Å². The fraction of sp³-hybridized carbons (Fsp3) is 0.621. The Morgan fingerprint density at radius 2 is 1.66 bits per heavy atom. The van der Waals surface area contributed by atoms with Crippen molar-refractivity contribution in [1.82, 2.24) is 10.2 Å². The van der Waals surface area contributed by atoms with Crippen LogP contribution in [0.25, 0.3) is 0 Å². The molecule has 0 saturated carbocycles. The maximum atomic E-state index is 15.0. The molecular formula is C29H40F4N4O7. The summed E-state index contributed by atoms with van der Waals surface area (Å²) in [4.78, 5) is 47.9. The molecule has 0 bridgehead atoms. The number of carboxylic acid groups (broad SMARTS) is 2. The van der Waals surface area contributed by atoms with Gasteiger partial charge in [0.15, 0.2) is 0 Å². The number of hydrogen-bond donors (Lipinski definition) is 4. The summed E-state index contributed by atoms with van der Waals surface area (Å²) < 4.78 is 48.5. The summed E-state index contributed by atoms with van der Waals surface area (Å²) in [6.45, 7) is 7.53. The molecule has 3 rings (SSSR count). The predicted octanol–water partition coefficient (Wildman–Crippen LogP) is 1.24. The van der Waals surface area contributed by atoms with Gasteiger partial charge in [-0.25, -0.2) is 4.39 Å². The highest BCUT2D eigenvalue weighted by molar-refractivity contribution is 5.98. The van der Waals surface area contributed by atoms with E-state index in [1.807, 2.05) is 11.5 Å². The van der Waals surface area contributed by atoms with Gasteiger partial charge in [-0.2, -0.15) is 13.2 Å². The molecule has 246 valence electrons. The average Bonchev–Trinajstić information content (AvgIpc) is 2.95. The molecule has 44 heavy (non-hydrogen) atoms. The molecule has 1 aromatic rings. The van der Waals surface area contributed by atoms with E-state index in [1.54, 1.807) is 24.8 Å². The Balaban J connectivity index is 0.000000860. The lowest BCUT2D eigenvalue weighted by Crippen LogP contribution is -2.54. The minimum atomic E-state index is -5.19. The molecule has 15 heteroatoms. The normalized spacial score (nSPS) is 18.5. The monoisotopic (exact) mass is 632 g/mol. The summed E-state index contributed by atoms with van der Waals surface area (Å²) in [7, 11) is 0. The van der Waals surface area contributed by atoms with E-state index in [-0.39, 0.29) is 29.9 Å². The van der Waals surface area contributed by atoms with Crippen LogP contribution in [0.15, 0.2) is 18.2 Å². The number of piperidine rings is 2. The molecule has 0 aliphatic carbocycles. The Morgan fingerprint density at radius 3 is 2.11 bits per heavy atom. The van der Waals surface area contributed by atoms with Crippen LogP contribution < -0.4 is 16.2 Å². The standard InChI is InChI=1S/C27H39FN4O5.C2HF3O2/c1-4-22(27(2,3)26(37)32-11-7-17(8-12-32)15-23(34)35)30-25(36)20-6-5-18(16-21(20)28)24(29)31-13-9-19(33)10-14-31;3-2(4,5)1(6)7/h5-6,16-17,19,22,29,33H,4,7-15H2,1-3H3,(H2,30,34,35,36);(H,6,7). The van der Waals surface area contributed by atoms with Crippen molar-refractivity contribution in [3.8, 4) is 0 Å². The fourth-order valence-electron chi connectivity index (χ4n) is 5.32. The zero-order chi connectivity index (χ0) is 33.4. The molecule has 0 radical (unpaired) electrons. The van der Waals surface area contributed by atoms with E-state index < -0.39 is 41.3 Å². The number of carbonyl (C=O) groups is 4. The Bertz CT molecular complexity index is 1230. The molecule has 1 atom stereocenters. The lowest BCUT2D eigenvalue weighted by atomic mass is 9.80. The number of halogens is 4. The van der Waals surface area contributed by atoms with Crippen molar-refractivity contribution in [2.45, 2.75) is 77.6 Å². The Hall–Kier alpha value is -3.75. The first-order valence-corrected chi connectivity index (χ1v) is 14.3. The number of carboxylic acids is 2. The van der Waals surface area contributed by atoms with E-state index in [2.05, 4.69) is 5.32 Å². The minimum absolute atomic E-state index is 0.0603. The Labute approximate surface area is 252 Å². The number of nitrogens with one attached hydrogen (secondary N) is 1. The SMILES string of the molecule is CCC(NC(=O)c1ccc(C(N)=[N+]2CCC(O)CC2)cc1F)C(C)(C)C(=O)N1CCC(CC(=O)O)CC1.O=C([O-])C(F)(F)F. The molecule has 2 fully saturated rings. The molecule has 2 saturated heterocycles. The smallest absolute Gasteiger partial charge is 0.430 e. The Kier molecular flexibility index (Phi) is 12.7. The van der Waals surface area contributed by atoms with E-state index in [4.69, 9.17) is 20.7 Å². The van der Waals surface area contributed by atoms with Crippen LogP contribution in [0.5, 0.6) is 0 Å². The lowest BCUT2D eigenvalue weighted by molar-refractivity contribution is -0.542. The number of benzene rings is 1. The molecule has 2 amide bonds. The molecular weight excluding hydrogens is 592 g/mol. The number of carbonyl (C=O) groups excluding carboxylic acids is 3. The van der Waals surface area contributed by atoms with Crippen molar-refractivity contribution >= 4 is 29.6 Å². The maximum absolute atomic E-state index is 15.0. The van der Waals surface area contributed by atoms with Gasteiger partial charge in [0.05, 0.1) is 35.7 Å². The van der Waals surface area contributed by atoms with Crippen molar-refractivity contribution in [3.63, 3.8) is 0 Å². The molecule has 1 unspecified atom stereocenters. The van der Waals surface area contributed by atoms with E-state index in [0.29, 0.717) is 69.7 Å². The maximum Gasteiger partial charge on any atom is 0.430 e. The van der Waals surface area contributed by atoms with Crippen LogP contribution in [-0.4, -0.2) is 93.8 Å². The van der Waals surface area contributed by atoms with Crippen molar-refractivity contribution < 1.29 is 56.6 Å². The predicted molar refractivity (Wildman–Crippen MR) is 148 cm³/mol. The molecule has 1 aromatic carbocycles. The van der Waals surface area contributed by atoms with Gasteiger partial charge in [0.2, 0.25) is 5.91 Å². The Morgan fingerprint density at radius 1 is 1.11 bits per heavy atom. The third kappa shape index (κ3) is 9.89. The van der Waals surface area contributed by atoms with Gasteiger partial charge in [-0.15, -0.1) is 0 Å². The number of aliphatic hydroxyl groups is 1. The van der Waals surface area contributed by atoms with Gasteiger partial charge >= 0.3 is 12.1 Å². The van der Waals surface area contributed by atoms with Crippen molar-refractivity contribution in [2.75, 3.05) is 26.2 Å². The largest absolute Gasteiger partial charge is 0.542 e. The van der Waals surface area contributed by atoms with Gasteiger partial charge in [0, 0.05) is 38.4 Å². The van der Waals surface area contributed by atoms with Gasteiger partial charge in [0.1, 0.15) is 11.8 Å². The van der Waals surface area contributed by atoms with Gasteiger partial charge in [0.25, 0.3) is 11.7 Å². The summed E-state index contributed by atoms with van der Waals surface area (Å²) in [6.07, 6.45) is -2.51. The lowest BCUT2D eigenvalue weighted by Gasteiger charge is -2.40. The average molecular weight is 633 g/mol. The minimum Gasteiger partial charge on any atom is -0.542 e. The number of alkyl halides is 3. The quantitative estimate of drug-likeness (QED) is 0.188. The van der Waals surface area contributed by atoms with Gasteiger partial charge < -0.3 is 30.3 Å². The number of aliphatic carboxylic acids is 2. The second-order valence-electron chi connectivity index (χ2n) is 11.6. The zero-order valence-electron chi connectivity index (χ0n) is 25.0. The van der Waals surface area contributed by atoms with Crippen LogP contribution in [-0.2, 0) is 14.4 Å². The third-order valence-electron chi connectivity index (χ3n) is 8.05. The molecule has 0 spiro atoms. The molecule has 11 nitrogen and oxygen atoms in total. The van der Waals surface area contributed by atoms with E-state index in [1.165, 1.54) is 12.1 Å². The number of amidine groups is 1. The first-order chi connectivity index (χ1) is 20.4. The number of aliphatic hydroxyl groups excluding tert-OH is 1. The van der Waals surface area contributed by atoms with Crippen molar-refractivity contribution in [3.05, 3.63) is 35.1 Å². The van der Waals surface area contributed by atoms with Crippen LogP contribution in [0, 0.1) is 17.2 Å². The number of amides is 2. The van der Waals surface area contributed by atoms with Crippen LogP contribution in [0.2, 0.25) is 0 Å². The molecule has 2 aliphatic heterocycles. The first kappa shape index (κ1) is 36.4. The van der Waals surface area contributed by atoms with Crippen molar-refractivity contribution in [2.24, 2.45) is 17.1 Å². The van der Waals surface area contributed by atoms with Crippen LogP contribution in [0.4, 0.5) is 17.6 Å². The summed E-state index contributed by atoms with van der Waals surface area (Å²) >= 11 is 0. The van der Waals surface area contributed by atoms with Gasteiger partial charge in [-0.05, 0) is 57.2 Å². The summed E-state index contributed by atoms with van der Waals surface area (Å²) in [6, 6.07) is 3.73. The van der Waals surface area contributed by atoms with Crippen LogP contribution in [0.1, 0.15) is 75.2 Å². The molecule has 5 N–H and O–H groups in total. The molecule has 0 aromatic heterocycles. The molecule has 2 heterocycles. The second-order valence-corrected chi connectivity index (χ2v) is 11.6. The van der Waals surface area contributed by atoms with E-state index in [9.17, 15) is 32.7 Å². The highest BCUT2D eigenvalue weighted by Crippen LogP contribution is 2.30. The fourth-order valence-corrected chi connectivity index (χ4v) is 5.32. The number of nitrogens with zero attached hydrogens (tertiary/aromatic N) is 2. The highest BCUT2D eigenvalue weighted by atomic mass is 19.4. The summed E-state index contributed by atoms with van der Waals surface area (Å²) in [5.41, 5.74) is 5.64. The summed E-state index contributed by atoms with van der Waals surface area (Å²) in [5.74, 6) is -4.78. The number of likely N-dealkylation sites (tertiary alicyclic amines) is 1. The van der Waals surface area contributed by atoms with Crippen LogP contribution >= 0.6 is 0 Å². The van der Waals surface area contributed by atoms with Crippen LogP contribution in [0.3, 0.4) is 0 Å². The van der Waals surface area contributed by atoms with Gasteiger partial charge in [-0.3, -0.25) is 24.7 Å². The zero-order valence-corrected chi connectivity index (χ0v) is 25.0. The third-order valence-corrected chi connectivity index (χ3v) is 8.05. The number of nitrogens with two attached hydrogens (primary N) is 1.